The number of hydrogen-bond acceptors (Lipinski definition) is 3. The number of carbonyl (C=O) groups is 2. The van der Waals surface area contributed by atoms with E-state index in [0.29, 0.717) is 13.1 Å². The fraction of sp³-hybridized carbons (Fsp3) is 0.423. The minimum absolute atomic E-state index is 0.169. The van der Waals surface area contributed by atoms with Gasteiger partial charge in [0.15, 0.2) is 0 Å². The molecule has 2 fully saturated rings. The Morgan fingerprint density at radius 3 is 2.76 bits per heavy atom. The van der Waals surface area contributed by atoms with Gasteiger partial charge in [0.05, 0.1) is 6.04 Å². The summed E-state index contributed by atoms with van der Waals surface area (Å²) in [5.41, 5.74) is 7.55. The number of hydrogen-bond donors (Lipinski definition) is 2. The van der Waals surface area contributed by atoms with Gasteiger partial charge in [0, 0.05) is 48.9 Å². The molecule has 3 aliphatic rings. The Bertz CT molecular complexity index is 1280. The number of likely N-dealkylation sites (tertiary alicyclic amines) is 1. The molecule has 0 radical (unpaired) electrons. The third-order valence-corrected chi connectivity index (χ3v) is 7.54. The Balaban J connectivity index is 1.46. The van der Waals surface area contributed by atoms with Crippen LogP contribution in [0.4, 0.5) is 4.79 Å². The number of amides is 2. The molecule has 1 aromatic carbocycles. The van der Waals surface area contributed by atoms with Gasteiger partial charge in [0.25, 0.3) is 0 Å². The van der Waals surface area contributed by atoms with E-state index < -0.39 is 6.09 Å². The van der Waals surface area contributed by atoms with Gasteiger partial charge in [-0.15, -0.1) is 0 Å². The second-order valence-electron chi connectivity index (χ2n) is 9.71. The van der Waals surface area contributed by atoms with Crippen LogP contribution in [0.5, 0.6) is 0 Å². The Morgan fingerprint density at radius 2 is 1.97 bits per heavy atom. The number of rotatable bonds is 3. The number of aromatic amines is 1. The number of carbonyl (C=O) groups excluding carboxylic acids is 1. The molecule has 33 heavy (non-hydrogen) atoms. The highest BCUT2D eigenvalue weighted by molar-refractivity contribution is 5.85. The van der Waals surface area contributed by atoms with Crippen molar-refractivity contribution < 1.29 is 14.7 Å². The summed E-state index contributed by atoms with van der Waals surface area (Å²) >= 11 is 0. The maximum absolute atomic E-state index is 12.8. The summed E-state index contributed by atoms with van der Waals surface area (Å²) in [6, 6.07) is 6.37. The molecule has 1 aliphatic carbocycles. The average Bonchev–Trinajstić information content (AvgIpc) is 3.44. The van der Waals surface area contributed by atoms with Crippen molar-refractivity contribution in [3.63, 3.8) is 0 Å². The summed E-state index contributed by atoms with van der Waals surface area (Å²) in [7, 11) is 0. The lowest BCUT2D eigenvalue weighted by Gasteiger charge is -2.34. The molecule has 2 aliphatic heterocycles. The molecular formula is C26H28N4O3. The minimum Gasteiger partial charge on any atom is -0.465 e. The van der Waals surface area contributed by atoms with Crippen LogP contribution in [-0.2, 0) is 17.8 Å². The number of fused-ring (bicyclic) bond motifs is 2. The standard InChI is InChI=1S/C26H28N4O3/c1-15-12-27-24-20(15)11-19(13-28-24)18-9-17-6-8-29(25(31)16-4-5-16)14-22(17)21(10-18)23-3-2-7-30(23)26(32)33/h9-13,16,23H,2-8,14H2,1H3,(H,27,28)(H,32,33)/t23-/m0/s1. The zero-order valence-electron chi connectivity index (χ0n) is 18.8. The van der Waals surface area contributed by atoms with E-state index in [-0.39, 0.29) is 17.9 Å². The average molecular weight is 445 g/mol. The molecule has 0 unspecified atom stereocenters. The first-order chi connectivity index (χ1) is 16.0. The molecule has 1 saturated heterocycles. The van der Waals surface area contributed by atoms with Crippen LogP contribution in [0, 0.1) is 12.8 Å². The van der Waals surface area contributed by atoms with Crippen LogP contribution in [0.3, 0.4) is 0 Å². The minimum atomic E-state index is -0.871. The molecule has 3 aromatic rings. The van der Waals surface area contributed by atoms with E-state index in [0.717, 1.165) is 77.5 Å². The predicted molar refractivity (Wildman–Crippen MR) is 125 cm³/mol. The third-order valence-electron chi connectivity index (χ3n) is 7.54. The number of nitrogens with one attached hydrogen (secondary N) is 1. The van der Waals surface area contributed by atoms with Crippen molar-refractivity contribution in [1.82, 2.24) is 19.8 Å². The Labute approximate surface area is 192 Å². The predicted octanol–water partition coefficient (Wildman–Crippen LogP) is 4.65. The second-order valence-corrected chi connectivity index (χ2v) is 9.71. The number of aryl methyl sites for hydroxylation is 1. The fourth-order valence-corrected chi connectivity index (χ4v) is 5.55. The van der Waals surface area contributed by atoms with Gasteiger partial charge in [0.1, 0.15) is 5.65 Å². The third kappa shape index (κ3) is 3.46. The maximum Gasteiger partial charge on any atom is 0.407 e. The lowest BCUT2D eigenvalue weighted by atomic mass is 9.86. The van der Waals surface area contributed by atoms with Gasteiger partial charge in [-0.2, -0.15) is 0 Å². The summed E-state index contributed by atoms with van der Waals surface area (Å²) in [5.74, 6) is 0.452. The molecule has 2 amide bonds. The lowest BCUT2D eigenvalue weighted by Crippen LogP contribution is -2.38. The summed E-state index contributed by atoms with van der Waals surface area (Å²) < 4.78 is 0. The van der Waals surface area contributed by atoms with Gasteiger partial charge in [-0.3, -0.25) is 4.79 Å². The Kier molecular flexibility index (Phi) is 4.67. The van der Waals surface area contributed by atoms with Crippen LogP contribution >= 0.6 is 0 Å². The van der Waals surface area contributed by atoms with Gasteiger partial charge in [-0.1, -0.05) is 6.07 Å². The first-order valence-corrected chi connectivity index (χ1v) is 11.9. The molecule has 0 bridgehead atoms. The molecule has 6 rings (SSSR count). The molecular weight excluding hydrogens is 416 g/mol. The van der Waals surface area contributed by atoms with Crippen LogP contribution < -0.4 is 0 Å². The molecule has 170 valence electrons. The van der Waals surface area contributed by atoms with Crippen molar-refractivity contribution in [1.29, 1.82) is 0 Å². The number of benzene rings is 1. The maximum atomic E-state index is 12.8. The van der Waals surface area contributed by atoms with E-state index in [4.69, 9.17) is 0 Å². The largest absolute Gasteiger partial charge is 0.465 e. The number of aromatic nitrogens is 2. The summed E-state index contributed by atoms with van der Waals surface area (Å²) in [5, 5.41) is 10.9. The van der Waals surface area contributed by atoms with Crippen LogP contribution in [0.2, 0.25) is 0 Å². The Hall–Kier alpha value is -3.35. The van der Waals surface area contributed by atoms with Gasteiger partial charge >= 0.3 is 6.09 Å². The van der Waals surface area contributed by atoms with E-state index in [2.05, 4.69) is 35.1 Å². The van der Waals surface area contributed by atoms with Gasteiger partial charge in [0.2, 0.25) is 5.91 Å². The molecule has 2 aromatic heterocycles. The summed E-state index contributed by atoms with van der Waals surface area (Å²) in [4.78, 5) is 36.1. The zero-order valence-corrected chi connectivity index (χ0v) is 18.8. The van der Waals surface area contributed by atoms with Crippen molar-refractivity contribution in [2.24, 2.45) is 5.92 Å². The first-order valence-electron chi connectivity index (χ1n) is 11.9. The molecule has 7 nitrogen and oxygen atoms in total. The highest BCUT2D eigenvalue weighted by Crippen LogP contribution is 2.41. The lowest BCUT2D eigenvalue weighted by molar-refractivity contribution is -0.133. The van der Waals surface area contributed by atoms with Crippen molar-refractivity contribution in [2.75, 3.05) is 13.1 Å². The van der Waals surface area contributed by atoms with Gasteiger partial charge < -0.3 is 19.9 Å². The normalized spacial score (nSPS) is 20.3. The van der Waals surface area contributed by atoms with Crippen molar-refractivity contribution in [2.45, 2.75) is 51.6 Å². The van der Waals surface area contributed by atoms with Gasteiger partial charge in [-0.05, 0) is 79.0 Å². The van der Waals surface area contributed by atoms with Crippen molar-refractivity contribution in [3.05, 3.63) is 52.8 Å². The summed E-state index contributed by atoms with van der Waals surface area (Å²) in [6.07, 6.45) is 7.45. The second kappa shape index (κ2) is 7.61. The molecule has 1 saturated carbocycles. The Morgan fingerprint density at radius 1 is 1.12 bits per heavy atom. The van der Waals surface area contributed by atoms with Crippen LogP contribution in [-0.4, -0.2) is 50.0 Å². The topological polar surface area (TPSA) is 89.5 Å². The SMILES string of the molecule is Cc1c[nH]c2ncc(-c3cc4c(c([C@@H]5CCCN5C(=O)O)c3)CN(C(=O)C3CC3)CC4)cc12. The van der Waals surface area contributed by atoms with Crippen LogP contribution in [0.1, 0.15) is 54.0 Å². The van der Waals surface area contributed by atoms with E-state index >= 15 is 0 Å². The van der Waals surface area contributed by atoms with E-state index in [1.165, 1.54) is 5.56 Å². The highest BCUT2D eigenvalue weighted by atomic mass is 16.4. The van der Waals surface area contributed by atoms with Gasteiger partial charge in [-0.25, -0.2) is 9.78 Å². The fourth-order valence-electron chi connectivity index (χ4n) is 5.55. The number of pyridine rings is 1. The number of carboxylic acid groups (broad SMARTS) is 1. The monoisotopic (exact) mass is 444 g/mol. The highest BCUT2D eigenvalue weighted by Gasteiger charge is 2.37. The van der Waals surface area contributed by atoms with E-state index in [1.54, 1.807) is 4.90 Å². The number of H-pyrrole nitrogens is 1. The quantitative estimate of drug-likeness (QED) is 0.615. The smallest absolute Gasteiger partial charge is 0.407 e. The van der Waals surface area contributed by atoms with Crippen molar-refractivity contribution >= 4 is 23.0 Å². The molecule has 2 N–H and O–H groups in total. The van der Waals surface area contributed by atoms with Crippen molar-refractivity contribution in [3.8, 4) is 11.1 Å². The van der Waals surface area contributed by atoms with Crippen LogP contribution in [0.25, 0.3) is 22.2 Å². The zero-order chi connectivity index (χ0) is 22.7. The summed E-state index contributed by atoms with van der Waals surface area (Å²) in [6.45, 7) is 3.93. The van der Waals surface area contributed by atoms with E-state index in [9.17, 15) is 14.7 Å². The molecule has 0 spiro atoms. The molecule has 1 atom stereocenters. The van der Waals surface area contributed by atoms with Crippen LogP contribution in [0.15, 0.2) is 30.6 Å². The molecule has 4 heterocycles. The van der Waals surface area contributed by atoms with E-state index in [1.807, 2.05) is 17.3 Å². The molecule has 7 heteroatoms. The first kappa shape index (κ1) is 20.3. The number of nitrogens with zero attached hydrogens (tertiary/aromatic N) is 3.